The fraction of sp³-hybridized carbons (Fsp3) is 0.400. The molecule has 1 aromatic heterocycles. The highest BCUT2D eigenvalue weighted by atomic mass is 16.5. The first kappa shape index (κ1) is 13.7. The number of carbonyl (C=O) groups is 2. The van der Waals surface area contributed by atoms with Crippen LogP contribution in [0.1, 0.15) is 0 Å². The second-order valence-electron chi connectivity index (χ2n) is 3.28. The van der Waals surface area contributed by atoms with E-state index in [1.165, 1.54) is 31.5 Å². The Morgan fingerprint density at radius 1 is 1.28 bits per heavy atom. The lowest BCUT2D eigenvalue weighted by atomic mass is 10.4. The number of methoxy groups -OCH3 is 2. The van der Waals surface area contributed by atoms with Gasteiger partial charge in [-0.25, -0.2) is 4.98 Å². The van der Waals surface area contributed by atoms with Gasteiger partial charge in [-0.15, -0.1) is 0 Å². The van der Waals surface area contributed by atoms with Crippen molar-refractivity contribution < 1.29 is 19.1 Å². The fourth-order valence-electron chi connectivity index (χ4n) is 1.19. The van der Waals surface area contributed by atoms with Crippen LogP contribution in [0.5, 0.6) is 0 Å². The van der Waals surface area contributed by atoms with Crippen molar-refractivity contribution in [2.45, 2.75) is 0 Å². The van der Waals surface area contributed by atoms with Gasteiger partial charge in [-0.1, -0.05) is 0 Å². The molecule has 1 rings (SSSR count). The van der Waals surface area contributed by atoms with E-state index in [4.69, 9.17) is 0 Å². The highest BCUT2D eigenvalue weighted by Gasteiger charge is 2.17. The van der Waals surface area contributed by atoms with Crippen LogP contribution in [-0.2, 0) is 19.1 Å². The summed E-state index contributed by atoms with van der Waals surface area (Å²) in [6.07, 6.45) is 1.18. The van der Waals surface area contributed by atoms with Crippen molar-refractivity contribution in [3.05, 3.63) is 22.7 Å². The van der Waals surface area contributed by atoms with Crippen LogP contribution in [0, 0.1) is 0 Å². The average molecular weight is 255 g/mol. The smallest absolute Gasteiger partial charge is 0.325 e. The maximum atomic E-state index is 11.2. The lowest BCUT2D eigenvalue weighted by molar-refractivity contribution is -0.140. The Hall–Kier alpha value is -2.38. The maximum Gasteiger partial charge on any atom is 0.325 e. The second-order valence-corrected chi connectivity index (χ2v) is 3.28. The number of nitrogens with one attached hydrogen (secondary N) is 1. The first-order valence-corrected chi connectivity index (χ1v) is 5.00. The van der Waals surface area contributed by atoms with Gasteiger partial charge in [-0.3, -0.25) is 14.4 Å². The summed E-state index contributed by atoms with van der Waals surface area (Å²) in [4.78, 5) is 41.1. The molecular formula is C10H13N3O5. The molecule has 8 nitrogen and oxygen atoms in total. The first-order valence-electron chi connectivity index (χ1n) is 5.00. The number of aromatic amines is 1. The topological polar surface area (TPSA) is 102 Å². The monoisotopic (exact) mass is 255 g/mol. The third-order valence-corrected chi connectivity index (χ3v) is 2.08. The predicted molar refractivity (Wildman–Crippen MR) is 61.1 cm³/mol. The molecule has 0 aliphatic rings. The van der Waals surface area contributed by atoms with Gasteiger partial charge in [0.2, 0.25) is 0 Å². The van der Waals surface area contributed by atoms with Crippen LogP contribution in [-0.4, -0.2) is 49.2 Å². The number of nitrogens with zero attached hydrogens (tertiary/aromatic N) is 2. The number of rotatable bonds is 5. The van der Waals surface area contributed by atoms with Crippen LogP contribution in [0.15, 0.2) is 17.2 Å². The molecule has 0 amide bonds. The quantitative estimate of drug-likeness (QED) is 0.668. The van der Waals surface area contributed by atoms with Crippen LogP contribution in [0.3, 0.4) is 0 Å². The van der Waals surface area contributed by atoms with E-state index in [9.17, 15) is 14.4 Å². The van der Waals surface area contributed by atoms with Crippen molar-refractivity contribution in [2.24, 2.45) is 0 Å². The molecule has 0 aliphatic carbocycles. The van der Waals surface area contributed by atoms with Crippen molar-refractivity contribution in [1.82, 2.24) is 9.97 Å². The molecule has 1 aromatic rings. The van der Waals surface area contributed by atoms with E-state index in [1.807, 2.05) is 0 Å². The van der Waals surface area contributed by atoms with E-state index in [0.717, 1.165) is 0 Å². The van der Waals surface area contributed by atoms with Crippen molar-refractivity contribution in [2.75, 3.05) is 32.2 Å². The molecule has 18 heavy (non-hydrogen) atoms. The van der Waals surface area contributed by atoms with Gasteiger partial charge in [0.1, 0.15) is 18.9 Å². The van der Waals surface area contributed by atoms with Gasteiger partial charge in [0, 0.05) is 6.07 Å². The van der Waals surface area contributed by atoms with Crippen molar-refractivity contribution in [1.29, 1.82) is 0 Å². The summed E-state index contributed by atoms with van der Waals surface area (Å²) in [7, 11) is 2.45. The van der Waals surface area contributed by atoms with E-state index in [-0.39, 0.29) is 24.5 Å². The summed E-state index contributed by atoms with van der Waals surface area (Å²) >= 11 is 0. The third-order valence-electron chi connectivity index (χ3n) is 2.08. The van der Waals surface area contributed by atoms with Crippen molar-refractivity contribution in [3.63, 3.8) is 0 Å². The SMILES string of the molecule is COC(=O)CN(CC(=O)OC)c1cc(=O)[nH]cn1. The highest BCUT2D eigenvalue weighted by molar-refractivity contribution is 5.80. The number of hydrogen-bond donors (Lipinski definition) is 1. The molecule has 1 heterocycles. The molecule has 8 heteroatoms. The number of anilines is 1. The Morgan fingerprint density at radius 2 is 1.83 bits per heavy atom. The number of carbonyl (C=O) groups excluding carboxylic acids is 2. The molecule has 0 aliphatic heterocycles. The lowest BCUT2D eigenvalue weighted by Crippen LogP contribution is -2.36. The average Bonchev–Trinajstić information content (AvgIpc) is 2.37. The summed E-state index contributed by atoms with van der Waals surface area (Å²) in [6.45, 7) is -0.413. The standard InChI is InChI=1S/C10H13N3O5/c1-17-9(15)4-13(5-10(16)18-2)7-3-8(14)12-6-11-7/h3,6H,4-5H2,1-2H3,(H,11,12,14). The van der Waals surface area contributed by atoms with Crippen LogP contribution in [0.4, 0.5) is 5.82 Å². The number of H-pyrrole nitrogens is 1. The first-order chi connectivity index (χ1) is 8.56. The minimum Gasteiger partial charge on any atom is -0.468 e. The highest BCUT2D eigenvalue weighted by Crippen LogP contribution is 2.06. The van der Waals surface area contributed by atoms with Crippen LogP contribution >= 0.6 is 0 Å². The van der Waals surface area contributed by atoms with E-state index >= 15 is 0 Å². The summed E-state index contributed by atoms with van der Waals surface area (Å²) < 4.78 is 9.00. The number of aromatic nitrogens is 2. The Kier molecular flexibility index (Phi) is 4.85. The summed E-state index contributed by atoms with van der Waals surface area (Å²) in [5, 5.41) is 0. The van der Waals surface area contributed by atoms with Gasteiger partial charge in [0.05, 0.1) is 20.5 Å². The molecule has 0 spiro atoms. The van der Waals surface area contributed by atoms with Crippen LogP contribution in [0.2, 0.25) is 0 Å². The van der Waals surface area contributed by atoms with Crippen molar-refractivity contribution >= 4 is 17.8 Å². The molecule has 0 fully saturated rings. The molecule has 0 radical (unpaired) electrons. The molecule has 0 bridgehead atoms. The van der Waals surface area contributed by atoms with Crippen LogP contribution in [0.25, 0.3) is 0 Å². The third kappa shape index (κ3) is 3.89. The van der Waals surface area contributed by atoms with E-state index in [1.54, 1.807) is 0 Å². The molecule has 98 valence electrons. The summed E-state index contributed by atoms with van der Waals surface area (Å²) in [5.41, 5.74) is -0.389. The molecular weight excluding hydrogens is 242 g/mol. The Labute approximate surface area is 103 Å². The fourth-order valence-corrected chi connectivity index (χ4v) is 1.19. The summed E-state index contributed by atoms with van der Waals surface area (Å²) in [6, 6.07) is 1.17. The lowest BCUT2D eigenvalue weighted by Gasteiger charge is -2.20. The zero-order valence-electron chi connectivity index (χ0n) is 10.0. The molecule has 0 atom stereocenters. The minimum atomic E-state index is -0.555. The Balaban J connectivity index is 2.92. The molecule has 0 unspecified atom stereocenters. The maximum absolute atomic E-state index is 11.2. The zero-order chi connectivity index (χ0) is 13.5. The van der Waals surface area contributed by atoms with E-state index in [2.05, 4.69) is 19.4 Å². The van der Waals surface area contributed by atoms with Gasteiger partial charge in [-0.05, 0) is 0 Å². The second kappa shape index (κ2) is 6.38. The molecule has 0 saturated carbocycles. The minimum absolute atomic E-state index is 0.189. The van der Waals surface area contributed by atoms with Crippen molar-refractivity contribution in [3.8, 4) is 0 Å². The summed E-state index contributed by atoms with van der Waals surface area (Å²) in [5.74, 6) is -0.920. The zero-order valence-corrected chi connectivity index (χ0v) is 10.0. The Morgan fingerprint density at radius 3 is 2.28 bits per heavy atom. The van der Waals surface area contributed by atoms with Gasteiger partial charge in [-0.2, -0.15) is 0 Å². The molecule has 0 saturated heterocycles. The van der Waals surface area contributed by atoms with Gasteiger partial charge >= 0.3 is 11.9 Å². The molecule has 0 aromatic carbocycles. The van der Waals surface area contributed by atoms with Gasteiger partial charge in [0.15, 0.2) is 0 Å². The predicted octanol–water partition coefficient (Wildman–Crippen LogP) is -1.08. The Bertz CT molecular complexity index is 466. The van der Waals surface area contributed by atoms with Crippen LogP contribution < -0.4 is 10.5 Å². The van der Waals surface area contributed by atoms with Gasteiger partial charge in [0.25, 0.3) is 5.56 Å². The van der Waals surface area contributed by atoms with Gasteiger partial charge < -0.3 is 19.4 Å². The number of hydrogen-bond acceptors (Lipinski definition) is 7. The number of ether oxygens (including phenoxy) is 2. The largest absolute Gasteiger partial charge is 0.468 e. The normalized spacial score (nSPS) is 9.67. The van der Waals surface area contributed by atoms with E-state index < -0.39 is 11.9 Å². The number of esters is 2. The van der Waals surface area contributed by atoms with E-state index in [0.29, 0.717) is 0 Å². The molecule has 1 N–H and O–H groups in total.